The maximum absolute atomic E-state index is 12.7. The Morgan fingerprint density at radius 1 is 1.37 bits per heavy atom. The third-order valence-corrected chi connectivity index (χ3v) is 5.95. The van der Waals surface area contributed by atoms with E-state index in [4.69, 9.17) is 0 Å². The first-order valence-corrected chi connectivity index (χ1v) is 8.77. The lowest BCUT2D eigenvalue weighted by molar-refractivity contribution is 0.271. The van der Waals surface area contributed by atoms with Crippen molar-refractivity contribution >= 4 is 26.0 Å². The monoisotopic (exact) mass is 346 g/mol. The van der Waals surface area contributed by atoms with Gasteiger partial charge in [0.25, 0.3) is 0 Å². The fourth-order valence-corrected chi connectivity index (χ4v) is 4.77. The Labute approximate surface area is 123 Å². The highest BCUT2D eigenvalue weighted by molar-refractivity contribution is 9.10. The summed E-state index contributed by atoms with van der Waals surface area (Å²) in [5.41, 5.74) is 0. The van der Waals surface area contributed by atoms with Gasteiger partial charge >= 0.3 is 0 Å². The molecule has 1 N–H and O–H groups in total. The summed E-state index contributed by atoms with van der Waals surface area (Å²) in [7, 11) is -3.40. The average molecular weight is 347 g/mol. The van der Waals surface area contributed by atoms with Crippen molar-refractivity contribution in [2.75, 3.05) is 19.6 Å². The van der Waals surface area contributed by atoms with E-state index in [1.165, 1.54) is 0 Å². The number of benzene rings is 1. The van der Waals surface area contributed by atoms with E-state index < -0.39 is 10.0 Å². The molecule has 0 amide bonds. The lowest BCUT2D eigenvalue weighted by Crippen LogP contribution is -2.45. The van der Waals surface area contributed by atoms with Crippen LogP contribution in [0.2, 0.25) is 0 Å². The van der Waals surface area contributed by atoms with Crippen LogP contribution in [0.4, 0.5) is 0 Å². The summed E-state index contributed by atoms with van der Waals surface area (Å²) in [6.45, 7) is 4.18. The zero-order valence-electron chi connectivity index (χ0n) is 11.0. The molecule has 0 atom stereocenters. The van der Waals surface area contributed by atoms with Crippen LogP contribution >= 0.6 is 15.9 Å². The smallest absolute Gasteiger partial charge is 0.243 e. The zero-order valence-corrected chi connectivity index (χ0v) is 13.4. The number of hydrogen-bond donors (Lipinski definition) is 1. The molecular weight excluding hydrogens is 328 g/mol. The van der Waals surface area contributed by atoms with Crippen LogP contribution in [0, 0.1) is 0 Å². The second-order valence-corrected chi connectivity index (χ2v) is 7.45. The topological polar surface area (TPSA) is 49.4 Å². The normalized spacial score (nSPS) is 17.8. The molecule has 19 heavy (non-hydrogen) atoms. The summed E-state index contributed by atoms with van der Waals surface area (Å²) < 4.78 is 27.8. The van der Waals surface area contributed by atoms with Gasteiger partial charge in [-0.1, -0.05) is 28.9 Å². The minimum Gasteiger partial charge on any atom is -0.317 e. The molecule has 0 radical (unpaired) electrons. The first-order chi connectivity index (χ1) is 9.05. The van der Waals surface area contributed by atoms with Crippen LogP contribution in [-0.4, -0.2) is 38.4 Å². The predicted molar refractivity (Wildman–Crippen MR) is 79.6 cm³/mol. The Kier molecular flexibility index (Phi) is 5.00. The largest absolute Gasteiger partial charge is 0.317 e. The molecule has 0 aliphatic carbocycles. The van der Waals surface area contributed by atoms with Crippen LogP contribution in [-0.2, 0) is 10.0 Å². The third-order valence-electron chi connectivity index (χ3n) is 3.43. The van der Waals surface area contributed by atoms with Crippen LogP contribution in [0.5, 0.6) is 0 Å². The summed E-state index contributed by atoms with van der Waals surface area (Å²) >= 11 is 3.33. The molecule has 1 aliphatic heterocycles. The molecule has 1 heterocycles. The Hall–Kier alpha value is -0.430. The van der Waals surface area contributed by atoms with Crippen LogP contribution in [0.25, 0.3) is 0 Å². The van der Waals surface area contributed by atoms with Crippen molar-refractivity contribution in [2.24, 2.45) is 0 Å². The van der Waals surface area contributed by atoms with Crippen molar-refractivity contribution < 1.29 is 8.42 Å². The Morgan fingerprint density at radius 2 is 2.05 bits per heavy atom. The van der Waals surface area contributed by atoms with Gasteiger partial charge in [-0.15, -0.1) is 0 Å². The average Bonchev–Trinajstić information content (AvgIpc) is 2.40. The third kappa shape index (κ3) is 3.37. The lowest BCUT2D eigenvalue weighted by atomic mass is 10.1. The second kappa shape index (κ2) is 6.35. The van der Waals surface area contributed by atoms with Crippen molar-refractivity contribution in [1.29, 1.82) is 0 Å². The Balaban J connectivity index is 2.30. The van der Waals surface area contributed by atoms with Crippen LogP contribution in [0.3, 0.4) is 0 Å². The SMILES string of the molecule is CCN(C1CCNCC1)S(=O)(=O)c1cccc(Br)c1. The maximum atomic E-state index is 12.7. The summed E-state index contributed by atoms with van der Waals surface area (Å²) in [5.74, 6) is 0. The van der Waals surface area contributed by atoms with E-state index in [-0.39, 0.29) is 6.04 Å². The number of hydrogen-bond acceptors (Lipinski definition) is 3. The van der Waals surface area contributed by atoms with Gasteiger partial charge in [-0.05, 0) is 44.1 Å². The summed E-state index contributed by atoms with van der Waals surface area (Å²) in [6, 6.07) is 7.02. The van der Waals surface area contributed by atoms with E-state index in [9.17, 15) is 8.42 Å². The van der Waals surface area contributed by atoms with Gasteiger partial charge in [0.15, 0.2) is 0 Å². The van der Waals surface area contributed by atoms with E-state index in [1.807, 2.05) is 13.0 Å². The summed E-state index contributed by atoms with van der Waals surface area (Å²) in [6.07, 6.45) is 1.75. The molecular formula is C13H19BrN2O2S. The molecule has 106 valence electrons. The molecule has 2 rings (SSSR count). The molecule has 1 aromatic rings. The molecule has 1 saturated heterocycles. The molecule has 0 aromatic heterocycles. The Morgan fingerprint density at radius 3 is 2.63 bits per heavy atom. The molecule has 1 aromatic carbocycles. The number of nitrogens with zero attached hydrogens (tertiary/aromatic N) is 1. The molecule has 0 bridgehead atoms. The molecule has 0 spiro atoms. The molecule has 1 fully saturated rings. The fourth-order valence-electron chi connectivity index (χ4n) is 2.48. The number of nitrogens with one attached hydrogen (secondary N) is 1. The van der Waals surface area contributed by atoms with E-state index in [2.05, 4.69) is 21.2 Å². The van der Waals surface area contributed by atoms with Crippen molar-refractivity contribution in [3.8, 4) is 0 Å². The highest BCUT2D eigenvalue weighted by Gasteiger charge is 2.30. The second-order valence-electron chi connectivity index (χ2n) is 4.65. The van der Waals surface area contributed by atoms with Crippen LogP contribution in [0.1, 0.15) is 19.8 Å². The van der Waals surface area contributed by atoms with Crippen molar-refractivity contribution in [3.05, 3.63) is 28.7 Å². The number of piperidine rings is 1. The van der Waals surface area contributed by atoms with E-state index >= 15 is 0 Å². The van der Waals surface area contributed by atoms with Crippen molar-refractivity contribution in [2.45, 2.75) is 30.7 Å². The minimum absolute atomic E-state index is 0.107. The molecule has 0 unspecified atom stereocenters. The van der Waals surface area contributed by atoms with E-state index in [0.29, 0.717) is 11.4 Å². The first-order valence-electron chi connectivity index (χ1n) is 6.54. The minimum atomic E-state index is -3.40. The summed E-state index contributed by atoms with van der Waals surface area (Å²) in [4.78, 5) is 0.363. The fraction of sp³-hybridized carbons (Fsp3) is 0.538. The highest BCUT2D eigenvalue weighted by atomic mass is 79.9. The van der Waals surface area contributed by atoms with Gasteiger partial charge in [0, 0.05) is 17.1 Å². The molecule has 4 nitrogen and oxygen atoms in total. The van der Waals surface area contributed by atoms with Gasteiger partial charge in [-0.3, -0.25) is 0 Å². The maximum Gasteiger partial charge on any atom is 0.243 e. The first kappa shape index (κ1) is 15.0. The van der Waals surface area contributed by atoms with Crippen molar-refractivity contribution in [1.82, 2.24) is 9.62 Å². The highest BCUT2D eigenvalue weighted by Crippen LogP contribution is 2.24. The van der Waals surface area contributed by atoms with Gasteiger partial charge in [0.05, 0.1) is 4.90 Å². The van der Waals surface area contributed by atoms with Gasteiger partial charge in [0.1, 0.15) is 0 Å². The number of halogens is 1. The molecule has 0 saturated carbocycles. The standard InChI is InChI=1S/C13H19BrN2O2S/c1-2-16(12-6-8-15-9-7-12)19(17,18)13-5-3-4-11(14)10-13/h3-5,10,12,15H,2,6-9H2,1H3. The quantitative estimate of drug-likeness (QED) is 0.909. The number of rotatable bonds is 4. The summed E-state index contributed by atoms with van der Waals surface area (Å²) in [5, 5.41) is 3.27. The zero-order chi connectivity index (χ0) is 13.9. The van der Waals surface area contributed by atoms with Crippen LogP contribution < -0.4 is 5.32 Å². The Bertz CT molecular complexity index is 527. The number of sulfonamides is 1. The van der Waals surface area contributed by atoms with E-state index in [0.717, 1.165) is 30.4 Å². The van der Waals surface area contributed by atoms with Gasteiger partial charge < -0.3 is 5.32 Å². The van der Waals surface area contributed by atoms with E-state index in [1.54, 1.807) is 22.5 Å². The van der Waals surface area contributed by atoms with Crippen molar-refractivity contribution in [3.63, 3.8) is 0 Å². The lowest BCUT2D eigenvalue weighted by Gasteiger charge is -2.33. The van der Waals surface area contributed by atoms with Gasteiger partial charge in [-0.25, -0.2) is 8.42 Å². The predicted octanol–water partition coefficient (Wildman–Crippen LogP) is 2.21. The van der Waals surface area contributed by atoms with Gasteiger partial charge in [0.2, 0.25) is 10.0 Å². The molecule has 6 heteroatoms. The van der Waals surface area contributed by atoms with Crippen LogP contribution in [0.15, 0.2) is 33.6 Å². The molecule has 1 aliphatic rings. The van der Waals surface area contributed by atoms with Gasteiger partial charge in [-0.2, -0.15) is 4.31 Å².